The second-order valence-corrected chi connectivity index (χ2v) is 7.20. The molecule has 1 aliphatic heterocycles. The fourth-order valence-corrected chi connectivity index (χ4v) is 4.20. The summed E-state index contributed by atoms with van der Waals surface area (Å²) in [7, 11) is 0. The van der Waals surface area contributed by atoms with Gasteiger partial charge in [0, 0.05) is 30.2 Å². The Kier molecular flexibility index (Phi) is 6.04. The van der Waals surface area contributed by atoms with Crippen molar-refractivity contribution in [2.75, 3.05) is 18.5 Å². The number of fused-ring (bicyclic) bond motifs is 1. The maximum atomic E-state index is 12.3. The van der Waals surface area contributed by atoms with E-state index in [1.807, 2.05) is 12.1 Å². The van der Waals surface area contributed by atoms with Gasteiger partial charge in [0.05, 0.1) is 18.7 Å². The van der Waals surface area contributed by atoms with Crippen LogP contribution < -0.4 is 5.32 Å². The highest BCUT2D eigenvalue weighted by molar-refractivity contribution is 7.16. The number of hydrogen-bond acceptors (Lipinski definition) is 6. The molecule has 3 heterocycles. The van der Waals surface area contributed by atoms with Gasteiger partial charge in [-0.3, -0.25) is 9.78 Å². The van der Waals surface area contributed by atoms with E-state index >= 15 is 0 Å². The standard InChI is InChI=1S/C19H20N4O3S/c1-2-26-19(25)23-9-7-14-15(10-20)18(27-16(14)12-23)22-17(24)6-5-13-4-3-8-21-11-13/h3-4,8,11H,2,5-7,9,12H2,1H3,(H,22,24). The predicted octanol–water partition coefficient (Wildman–Crippen LogP) is 3.10. The third kappa shape index (κ3) is 4.44. The highest BCUT2D eigenvalue weighted by atomic mass is 32.1. The van der Waals surface area contributed by atoms with E-state index in [4.69, 9.17) is 4.74 Å². The molecule has 1 aliphatic rings. The van der Waals surface area contributed by atoms with Crippen molar-refractivity contribution in [1.29, 1.82) is 5.26 Å². The first-order chi connectivity index (χ1) is 13.1. The zero-order valence-electron chi connectivity index (χ0n) is 15.0. The van der Waals surface area contributed by atoms with Crippen LogP contribution in [0.2, 0.25) is 0 Å². The second-order valence-electron chi connectivity index (χ2n) is 6.10. The lowest BCUT2D eigenvalue weighted by Gasteiger charge is -2.25. The number of nitriles is 1. The number of nitrogens with zero attached hydrogens (tertiary/aromatic N) is 3. The minimum absolute atomic E-state index is 0.142. The highest BCUT2D eigenvalue weighted by Crippen LogP contribution is 2.36. The maximum absolute atomic E-state index is 12.3. The number of carbonyl (C=O) groups excluding carboxylic acids is 2. The number of rotatable bonds is 5. The summed E-state index contributed by atoms with van der Waals surface area (Å²) in [5.41, 5.74) is 2.42. The molecule has 0 radical (unpaired) electrons. The van der Waals surface area contributed by atoms with Gasteiger partial charge in [0.1, 0.15) is 11.1 Å². The zero-order chi connectivity index (χ0) is 19.2. The lowest BCUT2D eigenvalue weighted by atomic mass is 10.0. The summed E-state index contributed by atoms with van der Waals surface area (Å²) in [5, 5.41) is 13.0. The van der Waals surface area contributed by atoms with Crippen LogP contribution in [0.4, 0.5) is 9.80 Å². The Hall–Kier alpha value is -2.92. The SMILES string of the molecule is CCOC(=O)N1CCc2c(sc(NC(=O)CCc3cccnc3)c2C#N)C1. The Labute approximate surface area is 161 Å². The molecule has 0 saturated carbocycles. The Bertz CT molecular complexity index is 873. The number of hydrogen-bond donors (Lipinski definition) is 1. The Morgan fingerprint density at radius 2 is 2.33 bits per heavy atom. The molecule has 27 heavy (non-hydrogen) atoms. The van der Waals surface area contributed by atoms with Crippen LogP contribution in [0.15, 0.2) is 24.5 Å². The van der Waals surface area contributed by atoms with Gasteiger partial charge in [-0.05, 0) is 37.0 Å². The van der Waals surface area contributed by atoms with Crippen molar-refractivity contribution < 1.29 is 14.3 Å². The van der Waals surface area contributed by atoms with Crippen molar-refractivity contribution in [2.45, 2.75) is 32.7 Å². The van der Waals surface area contributed by atoms with Gasteiger partial charge < -0.3 is 15.0 Å². The summed E-state index contributed by atoms with van der Waals surface area (Å²) in [6.07, 6.45) is 4.56. The fourth-order valence-electron chi connectivity index (χ4n) is 2.97. The summed E-state index contributed by atoms with van der Waals surface area (Å²) < 4.78 is 5.05. The molecule has 0 unspecified atom stereocenters. The summed E-state index contributed by atoms with van der Waals surface area (Å²) >= 11 is 1.36. The van der Waals surface area contributed by atoms with Gasteiger partial charge in [-0.25, -0.2) is 4.79 Å². The number of anilines is 1. The van der Waals surface area contributed by atoms with Crippen LogP contribution in [0.5, 0.6) is 0 Å². The smallest absolute Gasteiger partial charge is 0.410 e. The van der Waals surface area contributed by atoms with Gasteiger partial charge in [-0.2, -0.15) is 5.26 Å². The van der Waals surface area contributed by atoms with Crippen molar-refractivity contribution in [1.82, 2.24) is 9.88 Å². The molecule has 7 nitrogen and oxygen atoms in total. The van der Waals surface area contributed by atoms with Gasteiger partial charge in [0.15, 0.2) is 0 Å². The van der Waals surface area contributed by atoms with E-state index < -0.39 is 0 Å². The van der Waals surface area contributed by atoms with Crippen molar-refractivity contribution in [3.05, 3.63) is 46.1 Å². The lowest BCUT2D eigenvalue weighted by molar-refractivity contribution is -0.116. The number of ether oxygens (including phenoxy) is 1. The third-order valence-electron chi connectivity index (χ3n) is 4.31. The molecule has 2 amide bonds. The van der Waals surface area contributed by atoms with E-state index in [-0.39, 0.29) is 12.0 Å². The summed E-state index contributed by atoms with van der Waals surface area (Å²) in [6, 6.07) is 5.97. The normalized spacial score (nSPS) is 12.8. The minimum atomic E-state index is -0.350. The molecule has 0 aromatic carbocycles. The molecule has 140 valence electrons. The minimum Gasteiger partial charge on any atom is -0.450 e. The fraction of sp³-hybridized carbons (Fsp3) is 0.368. The number of nitrogens with one attached hydrogen (secondary N) is 1. The Balaban J connectivity index is 1.67. The van der Waals surface area contributed by atoms with E-state index in [0.717, 1.165) is 16.0 Å². The van der Waals surface area contributed by atoms with Gasteiger partial charge in [0.2, 0.25) is 5.91 Å². The van der Waals surface area contributed by atoms with Crippen LogP contribution in [0, 0.1) is 11.3 Å². The van der Waals surface area contributed by atoms with Crippen molar-refractivity contribution in [2.24, 2.45) is 0 Å². The van der Waals surface area contributed by atoms with Crippen molar-refractivity contribution in [3.63, 3.8) is 0 Å². The molecular weight excluding hydrogens is 364 g/mol. The average molecular weight is 384 g/mol. The molecule has 0 bridgehead atoms. The van der Waals surface area contributed by atoms with Crippen molar-refractivity contribution >= 4 is 28.3 Å². The molecule has 0 fully saturated rings. The molecule has 3 rings (SSSR count). The predicted molar refractivity (Wildman–Crippen MR) is 101 cm³/mol. The third-order valence-corrected chi connectivity index (χ3v) is 5.44. The van der Waals surface area contributed by atoms with E-state index in [0.29, 0.717) is 49.5 Å². The van der Waals surface area contributed by atoms with Crippen molar-refractivity contribution in [3.8, 4) is 6.07 Å². The number of pyridine rings is 1. The van der Waals surface area contributed by atoms with Crippen LogP contribution in [0.3, 0.4) is 0 Å². The Morgan fingerprint density at radius 3 is 3.04 bits per heavy atom. The topological polar surface area (TPSA) is 95.3 Å². The maximum Gasteiger partial charge on any atom is 0.410 e. The first kappa shape index (κ1) is 18.9. The van der Waals surface area contributed by atoms with E-state index in [9.17, 15) is 14.9 Å². The largest absolute Gasteiger partial charge is 0.450 e. The quantitative estimate of drug-likeness (QED) is 0.855. The van der Waals surface area contributed by atoms with Crippen LogP contribution in [0.1, 0.15) is 34.9 Å². The first-order valence-corrected chi connectivity index (χ1v) is 9.59. The number of carbonyl (C=O) groups is 2. The van der Waals surface area contributed by atoms with E-state index in [2.05, 4.69) is 16.4 Å². The Morgan fingerprint density at radius 1 is 1.48 bits per heavy atom. The summed E-state index contributed by atoms with van der Waals surface area (Å²) in [5.74, 6) is -0.142. The molecule has 0 atom stereocenters. The second kappa shape index (κ2) is 8.64. The first-order valence-electron chi connectivity index (χ1n) is 8.77. The molecule has 8 heteroatoms. The molecule has 0 spiro atoms. The van der Waals surface area contributed by atoms with Crippen LogP contribution in [0.25, 0.3) is 0 Å². The van der Waals surface area contributed by atoms with Gasteiger partial charge >= 0.3 is 6.09 Å². The van der Waals surface area contributed by atoms with Gasteiger partial charge in [-0.1, -0.05) is 6.07 Å². The van der Waals surface area contributed by atoms with Gasteiger partial charge in [-0.15, -0.1) is 11.3 Å². The highest BCUT2D eigenvalue weighted by Gasteiger charge is 2.28. The lowest BCUT2D eigenvalue weighted by Crippen LogP contribution is -2.35. The molecule has 0 saturated heterocycles. The number of aryl methyl sites for hydroxylation is 1. The number of amides is 2. The molecule has 1 N–H and O–H groups in total. The molecular formula is C19H20N4O3S. The molecule has 2 aromatic heterocycles. The van der Waals surface area contributed by atoms with Crippen LogP contribution in [-0.4, -0.2) is 35.0 Å². The van der Waals surface area contributed by atoms with E-state index in [1.165, 1.54) is 11.3 Å². The monoisotopic (exact) mass is 384 g/mol. The summed E-state index contributed by atoms with van der Waals surface area (Å²) in [6.45, 7) is 3.00. The number of aromatic nitrogens is 1. The summed E-state index contributed by atoms with van der Waals surface area (Å²) in [4.78, 5) is 30.8. The van der Waals surface area contributed by atoms with Crippen LogP contribution >= 0.6 is 11.3 Å². The van der Waals surface area contributed by atoms with E-state index in [1.54, 1.807) is 24.2 Å². The molecule has 0 aliphatic carbocycles. The van der Waals surface area contributed by atoms with Crippen LogP contribution in [-0.2, 0) is 28.9 Å². The average Bonchev–Trinajstić information content (AvgIpc) is 3.03. The molecule has 2 aromatic rings. The zero-order valence-corrected chi connectivity index (χ0v) is 15.8. The van der Waals surface area contributed by atoms with Gasteiger partial charge in [0.25, 0.3) is 0 Å². The number of thiophene rings is 1.